The largest absolute Gasteiger partial charge is 0.324 e. The summed E-state index contributed by atoms with van der Waals surface area (Å²) < 4.78 is 1.71. The molecule has 0 amide bonds. The summed E-state index contributed by atoms with van der Waals surface area (Å²) in [6.07, 6.45) is 3.32. The maximum Gasteiger partial charge on any atom is 0.192 e. The monoisotopic (exact) mass is 235 g/mol. The van der Waals surface area contributed by atoms with Gasteiger partial charge < -0.3 is 5.73 Å². The molecule has 2 N–H and O–H groups in total. The maximum absolute atomic E-state index is 5.75. The molecule has 0 radical (unpaired) electrons. The normalized spacial score (nSPS) is 12.7. The highest BCUT2D eigenvalue weighted by Gasteiger charge is 2.05. The summed E-state index contributed by atoms with van der Waals surface area (Å²) in [5.74, 6) is 0. The van der Waals surface area contributed by atoms with Crippen LogP contribution in [-0.2, 0) is 7.05 Å². The van der Waals surface area contributed by atoms with Crippen LogP contribution in [0.4, 0.5) is 0 Å². The zero-order valence-electron chi connectivity index (χ0n) is 9.16. The van der Waals surface area contributed by atoms with Gasteiger partial charge in [-0.15, -0.1) is 0 Å². The van der Waals surface area contributed by atoms with E-state index in [1.807, 2.05) is 26.1 Å². The van der Waals surface area contributed by atoms with Gasteiger partial charge in [0, 0.05) is 19.3 Å². The molecule has 2 heterocycles. The Morgan fingerprint density at radius 1 is 1.38 bits per heavy atom. The fraction of sp³-hybridized carbons (Fsp3) is 0.300. The van der Waals surface area contributed by atoms with Crippen molar-refractivity contribution < 1.29 is 0 Å². The van der Waals surface area contributed by atoms with Gasteiger partial charge in [-0.2, -0.15) is 5.10 Å². The lowest BCUT2D eigenvalue weighted by atomic mass is 10.2. The van der Waals surface area contributed by atoms with Crippen LogP contribution in [0.1, 0.15) is 18.5 Å². The second-order valence-corrected chi connectivity index (χ2v) is 4.47. The average molecular weight is 235 g/mol. The zero-order valence-corrected chi connectivity index (χ0v) is 9.98. The Bertz CT molecular complexity index is 462. The van der Waals surface area contributed by atoms with E-state index in [0.717, 1.165) is 15.7 Å². The number of hydrogen-bond acceptors (Lipinski definition) is 5. The highest BCUT2D eigenvalue weighted by atomic mass is 32.2. The molecule has 0 aliphatic heterocycles. The van der Waals surface area contributed by atoms with Gasteiger partial charge in [-0.05, 0) is 30.3 Å². The van der Waals surface area contributed by atoms with Crippen LogP contribution in [0.3, 0.4) is 0 Å². The zero-order chi connectivity index (χ0) is 11.5. The molecule has 0 spiro atoms. The number of aryl methyl sites for hydroxylation is 1. The molecule has 0 aromatic carbocycles. The molecule has 0 saturated carbocycles. The van der Waals surface area contributed by atoms with Crippen molar-refractivity contribution in [3.05, 3.63) is 30.2 Å². The van der Waals surface area contributed by atoms with Gasteiger partial charge in [0.05, 0.1) is 0 Å². The van der Waals surface area contributed by atoms with E-state index in [-0.39, 0.29) is 6.04 Å². The first-order valence-corrected chi connectivity index (χ1v) is 5.72. The third kappa shape index (κ3) is 2.40. The minimum absolute atomic E-state index is 0.0152. The lowest BCUT2D eigenvalue weighted by Crippen LogP contribution is -2.05. The summed E-state index contributed by atoms with van der Waals surface area (Å²) in [4.78, 5) is 8.44. The highest BCUT2D eigenvalue weighted by molar-refractivity contribution is 7.99. The van der Waals surface area contributed by atoms with E-state index < -0.39 is 0 Å². The average Bonchev–Trinajstić information content (AvgIpc) is 2.65. The minimum Gasteiger partial charge on any atom is -0.324 e. The van der Waals surface area contributed by atoms with Crippen LogP contribution >= 0.6 is 11.8 Å². The van der Waals surface area contributed by atoms with E-state index in [0.29, 0.717) is 0 Å². The van der Waals surface area contributed by atoms with Crippen LogP contribution in [0.2, 0.25) is 0 Å². The fourth-order valence-electron chi connectivity index (χ4n) is 1.19. The number of rotatable bonds is 3. The number of nitrogens with two attached hydrogens (primary N) is 1. The third-order valence-electron chi connectivity index (χ3n) is 2.15. The molecule has 16 heavy (non-hydrogen) atoms. The molecular formula is C10H13N5S. The first kappa shape index (κ1) is 11.1. The Labute approximate surface area is 98.1 Å². The molecule has 2 aromatic rings. The Kier molecular flexibility index (Phi) is 3.21. The molecule has 0 unspecified atom stereocenters. The quantitative estimate of drug-likeness (QED) is 0.870. The van der Waals surface area contributed by atoms with Crippen LogP contribution in [0.25, 0.3) is 0 Å². The van der Waals surface area contributed by atoms with E-state index in [9.17, 15) is 0 Å². The predicted octanol–water partition coefficient (Wildman–Crippen LogP) is 1.38. The summed E-state index contributed by atoms with van der Waals surface area (Å²) in [6.45, 7) is 1.94. The van der Waals surface area contributed by atoms with Gasteiger partial charge in [-0.25, -0.2) is 14.6 Å². The molecular weight excluding hydrogens is 222 g/mol. The van der Waals surface area contributed by atoms with Crippen molar-refractivity contribution >= 4 is 11.8 Å². The second-order valence-electron chi connectivity index (χ2n) is 3.49. The van der Waals surface area contributed by atoms with Gasteiger partial charge in [0.15, 0.2) is 5.16 Å². The number of nitrogens with zero attached hydrogens (tertiary/aromatic N) is 4. The molecule has 6 heteroatoms. The van der Waals surface area contributed by atoms with Crippen LogP contribution in [0.15, 0.2) is 34.8 Å². The van der Waals surface area contributed by atoms with E-state index in [2.05, 4.69) is 15.1 Å². The molecule has 84 valence electrons. The fourth-order valence-corrected chi connectivity index (χ4v) is 1.90. The summed E-state index contributed by atoms with van der Waals surface area (Å²) in [5.41, 5.74) is 6.78. The summed E-state index contributed by atoms with van der Waals surface area (Å²) in [6, 6.07) is 3.94. The Morgan fingerprint density at radius 3 is 2.69 bits per heavy atom. The minimum atomic E-state index is 0.0152. The lowest BCUT2D eigenvalue weighted by Gasteiger charge is -2.05. The number of hydrogen-bond donors (Lipinski definition) is 1. The van der Waals surface area contributed by atoms with E-state index in [1.54, 1.807) is 10.9 Å². The van der Waals surface area contributed by atoms with Crippen molar-refractivity contribution in [2.45, 2.75) is 23.1 Å². The van der Waals surface area contributed by atoms with Gasteiger partial charge >= 0.3 is 0 Å². The van der Waals surface area contributed by atoms with Crippen molar-refractivity contribution in [3.8, 4) is 0 Å². The Balaban J connectivity index is 2.14. The van der Waals surface area contributed by atoms with Gasteiger partial charge in [-0.1, -0.05) is 6.07 Å². The van der Waals surface area contributed by atoms with Crippen LogP contribution in [0, 0.1) is 0 Å². The molecule has 0 fully saturated rings. The SMILES string of the molecule is C[C@@H](N)c1ccc(Sc2ncnn2C)nc1. The topological polar surface area (TPSA) is 69.6 Å². The molecule has 0 bridgehead atoms. The van der Waals surface area contributed by atoms with E-state index >= 15 is 0 Å². The molecule has 5 nitrogen and oxygen atoms in total. The Hall–Kier alpha value is -1.40. The summed E-state index contributed by atoms with van der Waals surface area (Å²) >= 11 is 1.48. The van der Waals surface area contributed by atoms with Gasteiger partial charge in [0.1, 0.15) is 11.4 Å². The van der Waals surface area contributed by atoms with Crippen molar-refractivity contribution in [2.75, 3.05) is 0 Å². The van der Waals surface area contributed by atoms with Crippen molar-refractivity contribution in [1.29, 1.82) is 0 Å². The standard InChI is InChI=1S/C10H13N5S/c1-7(11)8-3-4-9(12-5-8)16-10-13-6-14-15(10)2/h3-7H,11H2,1-2H3/t7-/m1/s1. The van der Waals surface area contributed by atoms with Crippen LogP contribution < -0.4 is 5.73 Å². The predicted molar refractivity (Wildman–Crippen MR) is 62.0 cm³/mol. The van der Waals surface area contributed by atoms with Crippen LogP contribution in [-0.4, -0.2) is 19.7 Å². The first-order valence-electron chi connectivity index (χ1n) is 4.90. The molecule has 0 aliphatic rings. The summed E-state index contributed by atoms with van der Waals surface area (Å²) in [7, 11) is 1.85. The van der Waals surface area contributed by atoms with Crippen LogP contribution in [0.5, 0.6) is 0 Å². The lowest BCUT2D eigenvalue weighted by molar-refractivity contribution is 0.684. The van der Waals surface area contributed by atoms with Gasteiger partial charge in [0.25, 0.3) is 0 Å². The molecule has 0 saturated heterocycles. The Morgan fingerprint density at radius 2 is 2.19 bits per heavy atom. The van der Waals surface area contributed by atoms with Crippen molar-refractivity contribution in [3.63, 3.8) is 0 Å². The van der Waals surface area contributed by atoms with Crippen molar-refractivity contribution in [2.24, 2.45) is 12.8 Å². The van der Waals surface area contributed by atoms with E-state index in [4.69, 9.17) is 5.73 Å². The van der Waals surface area contributed by atoms with E-state index in [1.165, 1.54) is 18.1 Å². The van der Waals surface area contributed by atoms with Gasteiger partial charge in [-0.3, -0.25) is 0 Å². The summed E-state index contributed by atoms with van der Waals surface area (Å²) in [5, 5.41) is 5.71. The molecule has 0 aliphatic carbocycles. The number of pyridine rings is 1. The number of aromatic nitrogens is 4. The molecule has 2 aromatic heterocycles. The first-order chi connectivity index (χ1) is 7.66. The third-order valence-corrected chi connectivity index (χ3v) is 3.15. The molecule has 1 atom stereocenters. The van der Waals surface area contributed by atoms with Gasteiger partial charge in [0.2, 0.25) is 0 Å². The molecule has 2 rings (SSSR count). The second kappa shape index (κ2) is 4.63. The highest BCUT2D eigenvalue weighted by Crippen LogP contribution is 2.23. The maximum atomic E-state index is 5.75. The van der Waals surface area contributed by atoms with Crippen molar-refractivity contribution in [1.82, 2.24) is 19.7 Å². The smallest absolute Gasteiger partial charge is 0.192 e.